The standard InChI is InChI=1S/C14H22F4/c1-8(11-4-2-9(15)6-13(11)17)12-5-3-10(16)7-14(12)18/h8-14H,2-7H2,1H3. The fourth-order valence-electron chi connectivity index (χ4n) is 3.68. The molecule has 0 aliphatic heterocycles. The van der Waals surface area contributed by atoms with Crippen LogP contribution in [-0.2, 0) is 0 Å². The maximum absolute atomic E-state index is 13.9. The minimum atomic E-state index is -1.17. The van der Waals surface area contributed by atoms with Crippen LogP contribution in [0.4, 0.5) is 17.6 Å². The van der Waals surface area contributed by atoms with Crippen LogP contribution in [0.3, 0.4) is 0 Å². The average molecular weight is 266 g/mol. The summed E-state index contributed by atoms with van der Waals surface area (Å²) in [5.41, 5.74) is 0. The Morgan fingerprint density at radius 3 is 1.44 bits per heavy atom. The summed E-state index contributed by atoms with van der Waals surface area (Å²) in [6.45, 7) is 1.85. The number of hydrogen-bond acceptors (Lipinski definition) is 0. The van der Waals surface area contributed by atoms with E-state index in [-0.39, 0.29) is 30.6 Å². The van der Waals surface area contributed by atoms with Gasteiger partial charge in [-0.2, -0.15) is 0 Å². The van der Waals surface area contributed by atoms with E-state index in [0.717, 1.165) is 0 Å². The highest BCUT2D eigenvalue weighted by atomic mass is 19.2. The summed E-state index contributed by atoms with van der Waals surface area (Å²) in [7, 11) is 0. The van der Waals surface area contributed by atoms with Gasteiger partial charge in [-0.3, -0.25) is 0 Å². The van der Waals surface area contributed by atoms with Crippen LogP contribution in [0, 0.1) is 17.8 Å². The first-order chi connectivity index (χ1) is 8.49. The molecule has 0 spiro atoms. The first-order valence-corrected chi connectivity index (χ1v) is 7.05. The maximum atomic E-state index is 13.9. The molecule has 0 saturated heterocycles. The van der Waals surface area contributed by atoms with Crippen molar-refractivity contribution < 1.29 is 17.6 Å². The Morgan fingerprint density at radius 1 is 0.722 bits per heavy atom. The van der Waals surface area contributed by atoms with Crippen LogP contribution in [-0.4, -0.2) is 24.7 Å². The normalized spacial score (nSPS) is 47.8. The van der Waals surface area contributed by atoms with Gasteiger partial charge in [-0.25, -0.2) is 17.6 Å². The van der Waals surface area contributed by atoms with Gasteiger partial charge in [0.05, 0.1) is 0 Å². The van der Waals surface area contributed by atoms with E-state index in [9.17, 15) is 17.6 Å². The molecule has 2 fully saturated rings. The summed E-state index contributed by atoms with van der Waals surface area (Å²) in [5.74, 6) is -0.622. The highest BCUT2D eigenvalue weighted by molar-refractivity contribution is 4.90. The highest BCUT2D eigenvalue weighted by Crippen LogP contribution is 2.42. The van der Waals surface area contributed by atoms with Crippen molar-refractivity contribution in [3.63, 3.8) is 0 Å². The van der Waals surface area contributed by atoms with E-state index in [1.165, 1.54) is 0 Å². The lowest BCUT2D eigenvalue weighted by Gasteiger charge is -2.40. The molecular formula is C14H22F4. The SMILES string of the molecule is CC(C1CCC(F)CC1F)C1CCC(F)CC1F. The Morgan fingerprint density at radius 2 is 1.11 bits per heavy atom. The average Bonchev–Trinajstić information content (AvgIpc) is 2.28. The maximum Gasteiger partial charge on any atom is 0.106 e. The third kappa shape index (κ3) is 3.00. The van der Waals surface area contributed by atoms with Gasteiger partial charge in [0.1, 0.15) is 24.7 Å². The lowest BCUT2D eigenvalue weighted by Crippen LogP contribution is -2.40. The fraction of sp³-hybridized carbons (Fsp3) is 1.00. The summed E-state index contributed by atoms with van der Waals surface area (Å²) in [5, 5.41) is 0. The molecule has 0 aromatic rings. The van der Waals surface area contributed by atoms with Gasteiger partial charge in [0.15, 0.2) is 0 Å². The molecule has 0 radical (unpaired) electrons. The molecule has 0 bridgehead atoms. The van der Waals surface area contributed by atoms with E-state index in [1.54, 1.807) is 0 Å². The molecule has 0 heterocycles. The van der Waals surface area contributed by atoms with Gasteiger partial charge in [-0.1, -0.05) is 6.92 Å². The zero-order chi connectivity index (χ0) is 13.3. The van der Waals surface area contributed by atoms with Crippen molar-refractivity contribution in [2.24, 2.45) is 17.8 Å². The van der Waals surface area contributed by atoms with Gasteiger partial charge in [0.25, 0.3) is 0 Å². The predicted molar refractivity (Wildman–Crippen MR) is 63.4 cm³/mol. The van der Waals surface area contributed by atoms with Gasteiger partial charge in [0.2, 0.25) is 0 Å². The molecule has 18 heavy (non-hydrogen) atoms. The van der Waals surface area contributed by atoms with Crippen molar-refractivity contribution in [3.8, 4) is 0 Å². The Bertz CT molecular complexity index is 245. The van der Waals surface area contributed by atoms with E-state index in [0.29, 0.717) is 25.7 Å². The zero-order valence-electron chi connectivity index (χ0n) is 10.8. The van der Waals surface area contributed by atoms with Gasteiger partial charge in [0, 0.05) is 12.8 Å². The molecule has 0 nitrogen and oxygen atoms in total. The van der Waals surface area contributed by atoms with Crippen molar-refractivity contribution >= 4 is 0 Å². The van der Waals surface area contributed by atoms with Crippen LogP contribution in [0.15, 0.2) is 0 Å². The van der Waals surface area contributed by atoms with Gasteiger partial charge in [-0.15, -0.1) is 0 Å². The summed E-state index contributed by atoms with van der Waals surface area (Å²) in [4.78, 5) is 0. The fourth-order valence-corrected chi connectivity index (χ4v) is 3.68. The molecule has 0 aromatic carbocycles. The van der Waals surface area contributed by atoms with Crippen molar-refractivity contribution in [3.05, 3.63) is 0 Å². The van der Waals surface area contributed by atoms with Crippen LogP contribution < -0.4 is 0 Å². The second-order valence-electron chi connectivity index (χ2n) is 6.04. The third-order valence-corrected chi connectivity index (χ3v) is 4.87. The molecule has 2 saturated carbocycles. The van der Waals surface area contributed by atoms with E-state index in [4.69, 9.17) is 0 Å². The van der Waals surface area contributed by atoms with Crippen molar-refractivity contribution in [1.29, 1.82) is 0 Å². The molecule has 6 atom stereocenters. The second-order valence-corrected chi connectivity index (χ2v) is 6.04. The lowest BCUT2D eigenvalue weighted by atomic mass is 9.69. The zero-order valence-corrected chi connectivity index (χ0v) is 10.8. The number of rotatable bonds is 2. The summed E-state index contributed by atoms with van der Waals surface area (Å²) in [6, 6.07) is 0. The first kappa shape index (κ1) is 14.1. The molecule has 106 valence electrons. The van der Waals surface area contributed by atoms with Crippen LogP contribution in [0.1, 0.15) is 45.4 Å². The van der Waals surface area contributed by atoms with Crippen molar-refractivity contribution in [2.45, 2.75) is 70.1 Å². The molecule has 0 aromatic heterocycles. The summed E-state index contributed by atoms with van der Waals surface area (Å²) < 4.78 is 53.9. The Balaban J connectivity index is 1.96. The van der Waals surface area contributed by atoms with Gasteiger partial charge < -0.3 is 0 Å². The molecule has 2 aliphatic carbocycles. The number of alkyl halides is 4. The predicted octanol–water partition coefficient (Wildman–Crippen LogP) is 4.58. The number of halogens is 4. The summed E-state index contributed by atoms with van der Waals surface area (Å²) >= 11 is 0. The second kappa shape index (κ2) is 5.79. The van der Waals surface area contributed by atoms with E-state index >= 15 is 0 Å². The molecule has 2 aliphatic rings. The third-order valence-electron chi connectivity index (χ3n) is 4.87. The lowest BCUT2D eigenvalue weighted by molar-refractivity contribution is 0.00457. The Labute approximate surface area is 106 Å². The van der Waals surface area contributed by atoms with Crippen LogP contribution in [0.5, 0.6) is 0 Å². The quantitative estimate of drug-likeness (QED) is 0.642. The molecule has 2 rings (SSSR count). The monoisotopic (exact) mass is 266 g/mol. The topological polar surface area (TPSA) is 0 Å². The van der Waals surface area contributed by atoms with Crippen molar-refractivity contribution in [1.82, 2.24) is 0 Å². The Kier molecular flexibility index (Phi) is 4.54. The Hall–Kier alpha value is -0.280. The molecule has 0 amide bonds. The molecule has 6 unspecified atom stereocenters. The highest BCUT2D eigenvalue weighted by Gasteiger charge is 2.41. The molecule has 0 N–H and O–H groups in total. The first-order valence-electron chi connectivity index (χ1n) is 7.05. The minimum Gasteiger partial charge on any atom is -0.247 e. The molecule has 4 heteroatoms. The smallest absolute Gasteiger partial charge is 0.106 e. The number of hydrogen-bond donors (Lipinski definition) is 0. The van der Waals surface area contributed by atoms with Gasteiger partial charge in [-0.05, 0) is 43.4 Å². The van der Waals surface area contributed by atoms with Crippen molar-refractivity contribution in [2.75, 3.05) is 0 Å². The van der Waals surface area contributed by atoms with Crippen LogP contribution >= 0.6 is 0 Å². The van der Waals surface area contributed by atoms with Gasteiger partial charge >= 0.3 is 0 Å². The summed E-state index contributed by atoms with van der Waals surface area (Å²) in [6.07, 6.45) is -2.79. The minimum absolute atomic E-state index is 0.0512. The van der Waals surface area contributed by atoms with E-state index in [2.05, 4.69) is 0 Å². The molecular weight excluding hydrogens is 244 g/mol. The van der Waals surface area contributed by atoms with Crippen LogP contribution in [0.2, 0.25) is 0 Å². The van der Waals surface area contributed by atoms with Crippen LogP contribution in [0.25, 0.3) is 0 Å². The van der Waals surface area contributed by atoms with E-state index in [1.807, 2.05) is 6.92 Å². The van der Waals surface area contributed by atoms with E-state index < -0.39 is 24.7 Å². The largest absolute Gasteiger partial charge is 0.247 e.